The van der Waals surface area contributed by atoms with Crippen LogP contribution in [0.5, 0.6) is 0 Å². The van der Waals surface area contributed by atoms with Crippen molar-refractivity contribution in [3.05, 3.63) is 34.9 Å². The van der Waals surface area contributed by atoms with Gasteiger partial charge in [0.25, 0.3) is 0 Å². The molecule has 1 fully saturated rings. The summed E-state index contributed by atoms with van der Waals surface area (Å²) in [4.78, 5) is 7.60. The molecule has 2 aromatic rings. The quantitative estimate of drug-likeness (QED) is 0.843. The maximum absolute atomic E-state index is 12.8. The lowest BCUT2D eigenvalue weighted by atomic mass is 9.80. The van der Waals surface area contributed by atoms with E-state index in [1.165, 1.54) is 6.92 Å². The van der Waals surface area contributed by atoms with E-state index in [0.29, 0.717) is 18.3 Å². The number of alkyl halides is 3. The third-order valence-electron chi connectivity index (χ3n) is 4.30. The van der Waals surface area contributed by atoms with E-state index >= 15 is 0 Å². The molecule has 0 saturated heterocycles. The lowest BCUT2D eigenvalue weighted by Gasteiger charge is -2.31. The molecular formula is C15H20F3N7. The van der Waals surface area contributed by atoms with E-state index in [-0.39, 0.29) is 24.1 Å². The second-order valence-electron chi connectivity index (χ2n) is 6.37. The Morgan fingerprint density at radius 3 is 2.60 bits per heavy atom. The highest BCUT2D eigenvalue weighted by Gasteiger charge is 2.33. The number of aryl methyl sites for hydroxylation is 1. The van der Waals surface area contributed by atoms with Gasteiger partial charge in [0.2, 0.25) is 0 Å². The van der Waals surface area contributed by atoms with Gasteiger partial charge in [-0.2, -0.15) is 13.2 Å². The van der Waals surface area contributed by atoms with E-state index in [0.717, 1.165) is 24.7 Å². The van der Waals surface area contributed by atoms with Gasteiger partial charge >= 0.3 is 6.18 Å². The maximum atomic E-state index is 12.8. The average Bonchev–Trinajstić information content (AvgIpc) is 2.84. The van der Waals surface area contributed by atoms with Crippen LogP contribution in [0.15, 0.2) is 6.07 Å². The molecule has 3 rings (SSSR count). The van der Waals surface area contributed by atoms with Crippen LogP contribution in [0.4, 0.5) is 13.2 Å². The number of aromatic nitrogens is 5. The van der Waals surface area contributed by atoms with Crippen LogP contribution < -0.4 is 11.1 Å². The molecule has 3 N–H and O–H groups in total. The number of hydrogen-bond acceptors (Lipinski definition) is 6. The Labute approximate surface area is 142 Å². The van der Waals surface area contributed by atoms with Crippen LogP contribution >= 0.6 is 0 Å². The van der Waals surface area contributed by atoms with Crippen LogP contribution in [0.25, 0.3) is 0 Å². The Balaban J connectivity index is 1.61. The summed E-state index contributed by atoms with van der Waals surface area (Å²) in [5, 5.41) is 11.4. The lowest BCUT2D eigenvalue weighted by Crippen LogP contribution is -2.36. The lowest BCUT2D eigenvalue weighted by molar-refractivity contribution is -0.141. The highest BCUT2D eigenvalue weighted by atomic mass is 19.4. The molecule has 0 spiro atoms. The van der Waals surface area contributed by atoms with E-state index in [1.807, 2.05) is 11.6 Å². The molecule has 1 saturated carbocycles. The maximum Gasteiger partial charge on any atom is 0.433 e. The molecular weight excluding hydrogens is 335 g/mol. The molecule has 0 radical (unpaired) electrons. The molecule has 2 aromatic heterocycles. The molecule has 136 valence electrons. The minimum Gasteiger partial charge on any atom is -0.328 e. The SMILES string of the molecule is Cc1cc(C(F)(F)F)nc(CNCc2nnc(C3CC(N)C3)n2C)n1. The first-order valence-corrected chi connectivity index (χ1v) is 8.00. The second kappa shape index (κ2) is 6.68. The van der Waals surface area contributed by atoms with E-state index in [4.69, 9.17) is 5.73 Å². The molecule has 0 aromatic carbocycles. The number of hydrogen-bond donors (Lipinski definition) is 2. The zero-order chi connectivity index (χ0) is 18.2. The summed E-state index contributed by atoms with van der Waals surface area (Å²) < 4.78 is 40.3. The molecule has 0 unspecified atom stereocenters. The molecule has 0 bridgehead atoms. The summed E-state index contributed by atoms with van der Waals surface area (Å²) in [5.74, 6) is 2.03. The van der Waals surface area contributed by atoms with Crippen LogP contribution in [0, 0.1) is 6.92 Å². The molecule has 1 aliphatic rings. The fourth-order valence-corrected chi connectivity index (χ4v) is 2.90. The minimum atomic E-state index is -4.48. The van der Waals surface area contributed by atoms with Crippen molar-refractivity contribution in [3.63, 3.8) is 0 Å². The van der Waals surface area contributed by atoms with Gasteiger partial charge in [0, 0.05) is 24.7 Å². The van der Waals surface area contributed by atoms with Crippen molar-refractivity contribution in [2.75, 3.05) is 0 Å². The van der Waals surface area contributed by atoms with Crippen molar-refractivity contribution in [1.82, 2.24) is 30.0 Å². The third-order valence-corrected chi connectivity index (χ3v) is 4.30. The Morgan fingerprint density at radius 2 is 1.96 bits per heavy atom. The highest BCUT2D eigenvalue weighted by molar-refractivity contribution is 5.13. The number of nitrogens with two attached hydrogens (primary N) is 1. The van der Waals surface area contributed by atoms with Crippen molar-refractivity contribution in [3.8, 4) is 0 Å². The molecule has 7 nitrogen and oxygen atoms in total. The largest absolute Gasteiger partial charge is 0.433 e. The molecule has 0 atom stereocenters. The predicted molar refractivity (Wildman–Crippen MR) is 83.3 cm³/mol. The Morgan fingerprint density at radius 1 is 1.24 bits per heavy atom. The zero-order valence-electron chi connectivity index (χ0n) is 14.0. The van der Waals surface area contributed by atoms with E-state index < -0.39 is 11.9 Å². The molecule has 2 heterocycles. The van der Waals surface area contributed by atoms with Crippen LogP contribution in [0.1, 0.15) is 47.6 Å². The van der Waals surface area contributed by atoms with Gasteiger partial charge in [-0.05, 0) is 25.8 Å². The monoisotopic (exact) mass is 355 g/mol. The van der Waals surface area contributed by atoms with Gasteiger partial charge in [-0.1, -0.05) is 0 Å². The van der Waals surface area contributed by atoms with Crippen LogP contribution in [-0.2, 0) is 26.3 Å². The summed E-state index contributed by atoms with van der Waals surface area (Å²) in [7, 11) is 1.88. The van der Waals surface area contributed by atoms with E-state index in [9.17, 15) is 13.2 Å². The second-order valence-corrected chi connectivity index (χ2v) is 6.37. The number of nitrogens with one attached hydrogen (secondary N) is 1. The summed E-state index contributed by atoms with van der Waals surface area (Å²) in [6, 6.07) is 1.16. The van der Waals surface area contributed by atoms with Gasteiger partial charge in [0.1, 0.15) is 23.2 Å². The fraction of sp³-hybridized carbons (Fsp3) is 0.600. The van der Waals surface area contributed by atoms with Crippen LogP contribution in [-0.4, -0.2) is 30.8 Å². The van der Waals surface area contributed by atoms with Gasteiger partial charge in [-0.15, -0.1) is 10.2 Å². The Bertz CT molecular complexity index is 750. The highest BCUT2D eigenvalue weighted by Crippen LogP contribution is 2.34. The Hall–Kier alpha value is -2.07. The van der Waals surface area contributed by atoms with Crippen LogP contribution in [0.2, 0.25) is 0 Å². The first-order valence-electron chi connectivity index (χ1n) is 8.00. The van der Waals surface area contributed by atoms with E-state index in [1.54, 1.807) is 0 Å². The van der Waals surface area contributed by atoms with E-state index in [2.05, 4.69) is 25.5 Å². The van der Waals surface area contributed by atoms with Gasteiger partial charge in [0.05, 0.1) is 13.1 Å². The van der Waals surface area contributed by atoms with Gasteiger partial charge in [0.15, 0.2) is 0 Å². The molecule has 10 heteroatoms. The summed E-state index contributed by atoms with van der Waals surface area (Å²) in [5.41, 5.74) is 5.15. The standard InChI is InChI=1S/C15H20F3N7/c1-8-3-11(15(16,17)18)22-12(21-8)6-20-7-13-23-24-14(25(13)2)9-4-10(19)5-9/h3,9-10,20H,4-7,19H2,1-2H3. The number of rotatable bonds is 5. The summed E-state index contributed by atoms with van der Waals surface area (Å²) in [6.07, 6.45) is -2.68. The minimum absolute atomic E-state index is 0.0969. The van der Waals surface area contributed by atoms with Crippen molar-refractivity contribution >= 4 is 0 Å². The Kier molecular flexibility index (Phi) is 4.74. The molecule has 25 heavy (non-hydrogen) atoms. The first kappa shape index (κ1) is 17.7. The van der Waals surface area contributed by atoms with Gasteiger partial charge < -0.3 is 15.6 Å². The average molecular weight is 355 g/mol. The van der Waals surface area contributed by atoms with Crippen molar-refractivity contribution in [1.29, 1.82) is 0 Å². The first-order chi connectivity index (χ1) is 11.7. The smallest absolute Gasteiger partial charge is 0.328 e. The van der Waals surface area contributed by atoms with Gasteiger partial charge in [-0.25, -0.2) is 9.97 Å². The topological polar surface area (TPSA) is 94.5 Å². The van der Waals surface area contributed by atoms with Crippen LogP contribution in [0.3, 0.4) is 0 Å². The van der Waals surface area contributed by atoms with Gasteiger partial charge in [-0.3, -0.25) is 0 Å². The molecule has 0 amide bonds. The van der Waals surface area contributed by atoms with Crippen molar-refractivity contribution in [2.45, 2.75) is 51.0 Å². The molecule has 0 aliphatic heterocycles. The zero-order valence-corrected chi connectivity index (χ0v) is 14.0. The van der Waals surface area contributed by atoms with Crippen molar-refractivity contribution < 1.29 is 13.2 Å². The summed E-state index contributed by atoms with van der Waals surface area (Å²) in [6.45, 7) is 1.99. The fourth-order valence-electron chi connectivity index (χ4n) is 2.90. The number of nitrogens with zero attached hydrogens (tertiary/aromatic N) is 5. The van der Waals surface area contributed by atoms with Crippen molar-refractivity contribution in [2.24, 2.45) is 12.8 Å². The molecule has 1 aliphatic carbocycles. The summed E-state index contributed by atoms with van der Waals surface area (Å²) >= 11 is 0. The normalized spacial score (nSPS) is 20.6. The third kappa shape index (κ3) is 3.96. The number of halogens is 3. The predicted octanol–water partition coefficient (Wildman–Crippen LogP) is 1.43.